The topological polar surface area (TPSA) is 87.1 Å². The Bertz CT molecular complexity index is 531. The maximum atomic E-state index is 12.6. The second kappa shape index (κ2) is 6.58. The van der Waals surface area contributed by atoms with Crippen LogP contribution < -0.4 is 0 Å². The van der Waals surface area contributed by atoms with Gasteiger partial charge in [-0.2, -0.15) is 0 Å². The summed E-state index contributed by atoms with van der Waals surface area (Å²) in [7, 11) is 0. The highest BCUT2D eigenvalue weighted by atomic mass is 16.5. The summed E-state index contributed by atoms with van der Waals surface area (Å²) < 4.78 is 5.24. The van der Waals surface area contributed by atoms with Gasteiger partial charge in [-0.3, -0.25) is 9.59 Å². The molecule has 1 aromatic rings. The van der Waals surface area contributed by atoms with Gasteiger partial charge < -0.3 is 19.8 Å². The Morgan fingerprint density at radius 3 is 2.67 bits per heavy atom. The van der Waals surface area contributed by atoms with E-state index in [-0.39, 0.29) is 30.4 Å². The highest BCUT2D eigenvalue weighted by Gasteiger charge is 2.40. The van der Waals surface area contributed by atoms with Gasteiger partial charge in [-0.25, -0.2) is 0 Å². The van der Waals surface area contributed by atoms with Crippen LogP contribution in [-0.4, -0.2) is 52.8 Å². The van der Waals surface area contributed by atoms with E-state index in [0.717, 1.165) is 0 Å². The monoisotopic (exact) mass is 293 g/mol. The summed E-state index contributed by atoms with van der Waals surface area (Å²) in [6.45, 7) is 2.65. The molecule has 0 bridgehead atoms. The number of rotatable bonds is 5. The van der Waals surface area contributed by atoms with Gasteiger partial charge in [0.15, 0.2) is 0 Å². The summed E-state index contributed by atoms with van der Waals surface area (Å²) >= 11 is 0. The number of hydrogen-bond donors (Lipinski definition) is 2. The maximum absolute atomic E-state index is 12.6. The van der Waals surface area contributed by atoms with Crippen LogP contribution >= 0.6 is 0 Å². The number of carboxylic acid groups (broad SMARTS) is 1. The van der Waals surface area contributed by atoms with Crippen LogP contribution in [0.4, 0.5) is 0 Å². The molecule has 1 aliphatic heterocycles. The first-order valence-electron chi connectivity index (χ1n) is 6.95. The number of carbonyl (C=O) groups is 2. The van der Waals surface area contributed by atoms with Crippen LogP contribution in [0.25, 0.3) is 0 Å². The smallest absolute Gasteiger partial charge is 0.311 e. The van der Waals surface area contributed by atoms with E-state index >= 15 is 0 Å². The van der Waals surface area contributed by atoms with E-state index in [4.69, 9.17) is 4.74 Å². The highest BCUT2D eigenvalue weighted by molar-refractivity contribution is 5.97. The SMILES string of the molecule is CCCN(C(=O)c1ccccc1O)C1COCC1C(=O)O. The fraction of sp³-hybridized carbons (Fsp3) is 0.467. The number of hydrogen-bond acceptors (Lipinski definition) is 4. The zero-order chi connectivity index (χ0) is 15.4. The lowest BCUT2D eigenvalue weighted by atomic mass is 10.0. The number of aromatic hydroxyl groups is 1. The quantitative estimate of drug-likeness (QED) is 0.855. The molecule has 1 aromatic carbocycles. The van der Waals surface area contributed by atoms with Gasteiger partial charge in [-0.1, -0.05) is 19.1 Å². The van der Waals surface area contributed by atoms with Gasteiger partial charge in [0.05, 0.1) is 24.8 Å². The Hall–Kier alpha value is -2.08. The molecule has 2 rings (SSSR count). The predicted molar refractivity (Wildman–Crippen MR) is 75.2 cm³/mol. The van der Waals surface area contributed by atoms with Gasteiger partial charge >= 0.3 is 5.97 Å². The Labute approximate surface area is 122 Å². The third kappa shape index (κ3) is 3.16. The molecular weight excluding hydrogens is 274 g/mol. The summed E-state index contributed by atoms with van der Waals surface area (Å²) in [6, 6.07) is 5.77. The van der Waals surface area contributed by atoms with Crippen LogP contribution in [0.2, 0.25) is 0 Å². The number of nitrogens with zero attached hydrogens (tertiary/aromatic N) is 1. The lowest BCUT2D eigenvalue weighted by Gasteiger charge is -2.30. The molecule has 2 unspecified atom stereocenters. The van der Waals surface area contributed by atoms with Crippen LogP contribution in [0, 0.1) is 5.92 Å². The number of phenols is 1. The number of amides is 1. The van der Waals surface area contributed by atoms with Crippen molar-refractivity contribution in [2.24, 2.45) is 5.92 Å². The third-order valence-corrected chi connectivity index (χ3v) is 3.63. The van der Waals surface area contributed by atoms with E-state index in [2.05, 4.69) is 0 Å². The Balaban J connectivity index is 2.28. The number of aliphatic carboxylic acids is 1. The summed E-state index contributed by atoms with van der Waals surface area (Å²) in [5.74, 6) is -2.17. The molecule has 1 aliphatic rings. The number of carbonyl (C=O) groups excluding carboxylic acids is 1. The van der Waals surface area contributed by atoms with Crippen molar-refractivity contribution in [1.82, 2.24) is 4.90 Å². The van der Waals surface area contributed by atoms with E-state index in [0.29, 0.717) is 13.0 Å². The molecule has 1 heterocycles. The normalized spacial score (nSPS) is 21.2. The molecule has 114 valence electrons. The highest BCUT2D eigenvalue weighted by Crippen LogP contribution is 2.25. The third-order valence-electron chi connectivity index (χ3n) is 3.63. The Morgan fingerprint density at radius 2 is 2.05 bits per heavy atom. The Kier molecular flexibility index (Phi) is 4.80. The summed E-state index contributed by atoms with van der Waals surface area (Å²) in [5.41, 5.74) is 0.182. The van der Waals surface area contributed by atoms with Gasteiger partial charge in [0.1, 0.15) is 11.7 Å². The molecule has 6 heteroatoms. The van der Waals surface area contributed by atoms with Crippen LogP contribution in [0.15, 0.2) is 24.3 Å². The van der Waals surface area contributed by atoms with Crippen LogP contribution in [0.3, 0.4) is 0 Å². The lowest BCUT2D eigenvalue weighted by Crippen LogP contribution is -2.47. The fourth-order valence-electron chi connectivity index (χ4n) is 2.55. The number of para-hydroxylation sites is 1. The molecular formula is C15H19NO5. The Morgan fingerprint density at radius 1 is 1.33 bits per heavy atom. The fourth-order valence-corrected chi connectivity index (χ4v) is 2.55. The molecule has 2 N–H and O–H groups in total. The van der Waals surface area contributed by atoms with Crippen molar-refractivity contribution in [3.05, 3.63) is 29.8 Å². The number of ether oxygens (including phenoxy) is 1. The van der Waals surface area contributed by atoms with Crippen molar-refractivity contribution in [2.45, 2.75) is 19.4 Å². The average molecular weight is 293 g/mol. The van der Waals surface area contributed by atoms with Crippen LogP contribution in [0.1, 0.15) is 23.7 Å². The molecule has 0 aliphatic carbocycles. The van der Waals surface area contributed by atoms with E-state index in [1.807, 2.05) is 6.92 Å². The minimum absolute atomic E-state index is 0.102. The van der Waals surface area contributed by atoms with Crippen molar-refractivity contribution in [1.29, 1.82) is 0 Å². The van der Waals surface area contributed by atoms with Gasteiger partial charge in [0.2, 0.25) is 0 Å². The second-order valence-corrected chi connectivity index (χ2v) is 5.07. The van der Waals surface area contributed by atoms with E-state index in [1.54, 1.807) is 12.1 Å². The first-order valence-corrected chi connectivity index (χ1v) is 6.95. The number of phenolic OH excluding ortho intramolecular Hbond substituents is 1. The first kappa shape index (κ1) is 15.3. The molecule has 2 atom stereocenters. The number of carboxylic acids is 1. The van der Waals surface area contributed by atoms with Crippen LogP contribution in [0.5, 0.6) is 5.75 Å². The molecule has 6 nitrogen and oxygen atoms in total. The molecule has 21 heavy (non-hydrogen) atoms. The predicted octanol–water partition coefficient (Wildman–Crippen LogP) is 1.34. The van der Waals surface area contributed by atoms with Crippen molar-refractivity contribution < 1.29 is 24.5 Å². The van der Waals surface area contributed by atoms with Gasteiger partial charge in [-0.05, 0) is 18.6 Å². The molecule has 0 aromatic heterocycles. The van der Waals surface area contributed by atoms with Crippen molar-refractivity contribution in [2.75, 3.05) is 19.8 Å². The zero-order valence-corrected chi connectivity index (χ0v) is 11.9. The van der Waals surface area contributed by atoms with E-state index in [9.17, 15) is 19.8 Å². The summed E-state index contributed by atoms with van der Waals surface area (Å²) in [6.07, 6.45) is 0.697. The van der Waals surface area contributed by atoms with E-state index < -0.39 is 17.9 Å². The minimum atomic E-state index is -0.969. The maximum Gasteiger partial charge on any atom is 0.311 e. The minimum Gasteiger partial charge on any atom is -0.507 e. The average Bonchev–Trinajstić information content (AvgIpc) is 2.94. The molecule has 1 saturated heterocycles. The summed E-state index contributed by atoms with van der Waals surface area (Å²) in [5, 5.41) is 19.1. The molecule has 0 radical (unpaired) electrons. The van der Waals surface area contributed by atoms with Gasteiger partial charge in [-0.15, -0.1) is 0 Å². The number of benzene rings is 1. The second-order valence-electron chi connectivity index (χ2n) is 5.07. The molecule has 1 fully saturated rings. The largest absolute Gasteiger partial charge is 0.507 e. The zero-order valence-electron chi connectivity index (χ0n) is 11.9. The van der Waals surface area contributed by atoms with Crippen molar-refractivity contribution >= 4 is 11.9 Å². The van der Waals surface area contributed by atoms with E-state index in [1.165, 1.54) is 17.0 Å². The standard InChI is InChI=1S/C15H19NO5/c1-2-7-16(12-9-21-8-11(12)15(19)20)14(18)10-5-3-4-6-13(10)17/h3-6,11-12,17H,2,7-9H2,1H3,(H,19,20). The molecule has 0 spiro atoms. The molecule has 0 saturated carbocycles. The van der Waals surface area contributed by atoms with Crippen molar-refractivity contribution in [3.8, 4) is 5.75 Å². The first-order chi connectivity index (χ1) is 10.1. The van der Waals surface area contributed by atoms with Crippen LogP contribution in [-0.2, 0) is 9.53 Å². The lowest BCUT2D eigenvalue weighted by molar-refractivity contribution is -0.142. The van der Waals surface area contributed by atoms with Gasteiger partial charge in [0.25, 0.3) is 5.91 Å². The van der Waals surface area contributed by atoms with Gasteiger partial charge in [0, 0.05) is 6.54 Å². The van der Waals surface area contributed by atoms with Crippen molar-refractivity contribution in [3.63, 3.8) is 0 Å². The molecule has 1 amide bonds. The summed E-state index contributed by atoms with van der Waals surface area (Å²) in [4.78, 5) is 25.4.